The lowest BCUT2D eigenvalue weighted by Gasteiger charge is -2.05. The van der Waals surface area contributed by atoms with Crippen LogP contribution in [0.2, 0.25) is 0 Å². The molecule has 0 bridgehead atoms. The third-order valence-electron chi connectivity index (χ3n) is 2.16. The van der Waals surface area contributed by atoms with Crippen molar-refractivity contribution < 1.29 is 9.53 Å². The second-order valence-electron chi connectivity index (χ2n) is 3.28. The van der Waals surface area contributed by atoms with Crippen molar-refractivity contribution >= 4 is 11.6 Å². The van der Waals surface area contributed by atoms with E-state index in [-0.39, 0.29) is 5.91 Å². The van der Waals surface area contributed by atoms with Crippen LogP contribution in [-0.2, 0) is 0 Å². The first-order valence-corrected chi connectivity index (χ1v) is 5.01. The number of nitrogens with zero attached hydrogens (tertiary/aromatic N) is 2. The zero-order valence-electron chi connectivity index (χ0n) is 9.25. The summed E-state index contributed by atoms with van der Waals surface area (Å²) >= 11 is 0. The zero-order chi connectivity index (χ0) is 12.1. The standard InChI is InChI=1S/C12H11N3O2/c1-17-10-4-2-9(3-5-10)15-12(16)11-6-7-13-8-14-11/h2-8H,1H3,(H,15,16). The first kappa shape index (κ1) is 11.1. The van der Waals surface area contributed by atoms with Crippen molar-refractivity contribution in [2.75, 3.05) is 12.4 Å². The summed E-state index contributed by atoms with van der Waals surface area (Å²) in [5, 5.41) is 2.72. The molecule has 0 aliphatic carbocycles. The number of aromatic nitrogens is 2. The molecule has 1 N–H and O–H groups in total. The minimum absolute atomic E-state index is 0.266. The van der Waals surface area contributed by atoms with Crippen molar-refractivity contribution in [2.24, 2.45) is 0 Å². The van der Waals surface area contributed by atoms with Crippen molar-refractivity contribution in [1.82, 2.24) is 9.97 Å². The monoisotopic (exact) mass is 229 g/mol. The van der Waals surface area contributed by atoms with Gasteiger partial charge in [-0.3, -0.25) is 4.79 Å². The maximum atomic E-state index is 11.7. The summed E-state index contributed by atoms with van der Waals surface area (Å²) in [7, 11) is 1.59. The van der Waals surface area contributed by atoms with Gasteiger partial charge in [-0.05, 0) is 30.3 Å². The van der Waals surface area contributed by atoms with Gasteiger partial charge in [0.15, 0.2) is 0 Å². The first-order valence-electron chi connectivity index (χ1n) is 5.01. The molecule has 0 saturated heterocycles. The Bertz CT molecular complexity index is 497. The highest BCUT2D eigenvalue weighted by Crippen LogP contribution is 2.15. The average molecular weight is 229 g/mol. The maximum Gasteiger partial charge on any atom is 0.274 e. The van der Waals surface area contributed by atoms with Crippen molar-refractivity contribution in [3.8, 4) is 5.75 Å². The molecule has 1 aromatic carbocycles. The second-order valence-corrected chi connectivity index (χ2v) is 3.28. The van der Waals surface area contributed by atoms with Crippen LogP contribution in [0.1, 0.15) is 10.5 Å². The Hall–Kier alpha value is -2.43. The molecule has 86 valence electrons. The van der Waals surface area contributed by atoms with E-state index in [0.717, 1.165) is 5.75 Å². The van der Waals surface area contributed by atoms with Crippen LogP contribution in [-0.4, -0.2) is 23.0 Å². The quantitative estimate of drug-likeness (QED) is 0.870. The molecule has 2 aromatic rings. The third-order valence-corrected chi connectivity index (χ3v) is 2.16. The summed E-state index contributed by atoms with van der Waals surface area (Å²) < 4.78 is 5.03. The molecule has 0 spiro atoms. The lowest BCUT2D eigenvalue weighted by molar-refractivity contribution is 0.102. The highest BCUT2D eigenvalue weighted by molar-refractivity contribution is 6.02. The number of anilines is 1. The molecule has 5 nitrogen and oxygen atoms in total. The van der Waals surface area contributed by atoms with Gasteiger partial charge in [0.05, 0.1) is 7.11 Å². The predicted molar refractivity (Wildman–Crippen MR) is 63.0 cm³/mol. The Kier molecular flexibility index (Phi) is 3.30. The van der Waals surface area contributed by atoms with Crippen molar-refractivity contribution in [2.45, 2.75) is 0 Å². The topological polar surface area (TPSA) is 64.1 Å². The fourth-order valence-corrected chi connectivity index (χ4v) is 1.29. The SMILES string of the molecule is COc1ccc(NC(=O)c2ccncn2)cc1. The summed E-state index contributed by atoms with van der Waals surface area (Å²) in [6, 6.07) is 8.62. The lowest BCUT2D eigenvalue weighted by Crippen LogP contribution is -2.13. The fraction of sp³-hybridized carbons (Fsp3) is 0.0833. The molecule has 0 aliphatic rings. The van der Waals surface area contributed by atoms with Gasteiger partial charge < -0.3 is 10.1 Å². The van der Waals surface area contributed by atoms with Crippen molar-refractivity contribution in [1.29, 1.82) is 0 Å². The van der Waals surface area contributed by atoms with Gasteiger partial charge in [0.1, 0.15) is 17.8 Å². The van der Waals surface area contributed by atoms with E-state index in [0.29, 0.717) is 11.4 Å². The highest BCUT2D eigenvalue weighted by Gasteiger charge is 2.06. The van der Waals surface area contributed by atoms with Gasteiger partial charge in [-0.1, -0.05) is 0 Å². The lowest BCUT2D eigenvalue weighted by atomic mass is 10.3. The van der Waals surface area contributed by atoms with Crippen molar-refractivity contribution in [3.05, 3.63) is 48.5 Å². The minimum atomic E-state index is -0.266. The molecule has 0 aliphatic heterocycles. The molecule has 0 radical (unpaired) electrons. The Morgan fingerprint density at radius 3 is 2.59 bits per heavy atom. The molecular formula is C12H11N3O2. The van der Waals surface area contributed by atoms with Gasteiger partial charge in [0, 0.05) is 11.9 Å². The van der Waals surface area contributed by atoms with Crippen LogP contribution in [0.3, 0.4) is 0 Å². The number of hydrogen-bond acceptors (Lipinski definition) is 4. The summed E-state index contributed by atoms with van der Waals surface area (Å²) in [5.74, 6) is 0.475. The molecule has 0 saturated carbocycles. The Morgan fingerprint density at radius 1 is 1.24 bits per heavy atom. The number of methoxy groups -OCH3 is 1. The molecule has 1 aromatic heterocycles. The minimum Gasteiger partial charge on any atom is -0.497 e. The van der Waals surface area contributed by atoms with Crippen LogP contribution in [0.15, 0.2) is 42.9 Å². The predicted octanol–water partition coefficient (Wildman–Crippen LogP) is 1.74. The molecule has 2 rings (SSSR count). The van der Waals surface area contributed by atoms with E-state index in [4.69, 9.17) is 4.74 Å². The van der Waals surface area contributed by atoms with E-state index >= 15 is 0 Å². The van der Waals surface area contributed by atoms with Crippen LogP contribution in [0.25, 0.3) is 0 Å². The highest BCUT2D eigenvalue weighted by atomic mass is 16.5. The van der Waals surface area contributed by atoms with Gasteiger partial charge in [-0.25, -0.2) is 9.97 Å². The van der Waals surface area contributed by atoms with Gasteiger partial charge in [-0.2, -0.15) is 0 Å². The van der Waals surface area contributed by atoms with Crippen LogP contribution in [0, 0.1) is 0 Å². The summed E-state index contributed by atoms with van der Waals surface area (Å²) in [6.07, 6.45) is 2.86. The number of benzene rings is 1. The van der Waals surface area contributed by atoms with Crippen molar-refractivity contribution in [3.63, 3.8) is 0 Å². The second kappa shape index (κ2) is 5.07. The Balaban J connectivity index is 2.08. The number of amides is 1. The van der Waals surface area contributed by atoms with Crippen LogP contribution in [0.5, 0.6) is 5.75 Å². The van der Waals surface area contributed by atoms with Gasteiger partial charge in [0.2, 0.25) is 0 Å². The van der Waals surface area contributed by atoms with E-state index in [2.05, 4.69) is 15.3 Å². The molecule has 0 fully saturated rings. The van der Waals surface area contributed by atoms with Gasteiger partial charge in [-0.15, -0.1) is 0 Å². The van der Waals surface area contributed by atoms with Crippen LogP contribution >= 0.6 is 0 Å². The largest absolute Gasteiger partial charge is 0.497 e. The smallest absolute Gasteiger partial charge is 0.274 e. The van der Waals surface area contributed by atoms with E-state index < -0.39 is 0 Å². The summed E-state index contributed by atoms with van der Waals surface area (Å²) in [4.78, 5) is 19.3. The Morgan fingerprint density at radius 2 is 2.00 bits per heavy atom. The number of carbonyl (C=O) groups excluding carboxylic acids is 1. The molecule has 1 heterocycles. The van der Waals surface area contributed by atoms with Gasteiger partial charge in [0.25, 0.3) is 5.91 Å². The summed E-state index contributed by atoms with van der Waals surface area (Å²) in [6.45, 7) is 0. The molecule has 5 heteroatoms. The van der Waals surface area contributed by atoms with Gasteiger partial charge >= 0.3 is 0 Å². The molecule has 0 atom stereocenters. The van der Waals surface area contributed by atoms with E-state index in [1.165, 1.54) is 12.5 Å². The zero-order valence-corrected chi connectivity index (χ0v) is 9.25. The fourth-order valence-electron chi connectivity index (χ4n) is 1.29. The third kappa shape index (κ3) is 2.78. The van der Waals surface area contributed by atoms with E-state index in [1.807, 2.05) is 0 Å². The van der Waals surface area contributed by atoms with E-state index in [1.54, 1.807) is 37.4 Å². The Labute approximate surface area is 98.5 Å². The molecule has 1 amide bonds. The first-order chi connectivity index (χ1) is 8.29. The number of carbonyl (C=O) groups is 1. The average Bonchev–Trinajstić information content (AvgIpc) is 2.40. The molecule has 17 heavy (non-hydrogen) atoms. The molecular weight excluding hydrogens is 218 g/mol. The molecule has 0 unspecified atom stereocenters. The normalized spacial score (nSPS) is 9.71. The van der Waals surface area contributed by atoms with E-state index in [9.17, 15) is 4.79 Å². The number of ether oxygens (including phenoxy) is 1. The van der Waals surface area contributed by atoms with Crippen LogP contribution in [0.4, 0.5) is 5.69 Å². The number of hydrogen-bond donors (Lipinski definition) is 1. The number of rotatable bonds is 3. The summed E-state index contributed by atoms with van der Waals surface area (Å²) in [5.41, 5.74) is 1.02. The number of nitrogens with one attached hydrogen (secondary N) is 1. The van der Waals surface area contributed by atoms with Crippen LogP contribution < -0.4 is 10.1 Å². The maximum absolute atomic E-state index is 11.7.